The molecule has 1 heterocycles. The third-order valence-corrected chi connectivity index (χ3v) is 6.36. The summed E-state index contributed by atoms with van der Waals surface area (Å²) in [5.74, 6) is -1.80. The number of carbonyl (C=O) groups is 1. The monoisotopic (exact) mass is 495 g/mol. The zero-order valence-corrected chi connectivity index (χ0v) is 17.3. The van der Waals surface area contributed by atoms with Gasteiger partial charge in [0, 0.05) is 17.5 Å². The Balaban J connectivity index is 2.10. The average Bonchev–Trinajstić information content (AvgIpc) is 3.04. The van der Waals surface area contributed by atoms with E-state index in [0.717, 1.165) is 40.4 Å². The number of ether oxygens (including phenoxy) is 1. The Bertz CT molecular complexity index is 1280. The molecule has 0 bridgehead atoms. The largest absolute Gasteiger partial charge is 0.573 e. The fourth-order valence-electron chi connectivity index (χ4n) is 3.22. The molecule has 13 heteroatoms. The van der Waals surface area contributed by atoms with Crippen molar-refractivity contribution in [3.8, 4) is 5.75 Å². The zero-order valence-electron chi connectivity index (χ0n) is 16.4. The number of aryl methyl sites for hydroxylation is 1. The fourth-order valence-corrected chi connectivity index (χ4v) is 4.79. The standard InChI is InChI=1S/C20H15F6NO5S/c21-19(22,23)13-4-9-17-12(10-13)11-14(2-1-3-18(28)29)27(17)33(30,31)16-7-5-15(6-8-16)32-20(24,25)26/h4-11H,1-3H2,(H,28,29). The fraction of sp³-hybridized carbons (Fsp3) is 0.250. The number of carboxylic acid groups (broad SMARTS) is 1. The summed E-state index contributed by atoms with van der Waals surface area (Å²) in [6.45, 7) is 0. The Labute approximate surface area is 183 Å². The van der Waals surface area contributed by atoms with Crippen LogP contribution < -0.4 is 4.74 Å². The van der Waals surface area contributed by atoms with Gasteiger partial charge in [-0.05, 0) is 61.4 Å². The first kappa shape index (κ1) is 24.4. The zero-order chi connectivity index (χ0) is 24.6. The van der Waals surface area contributed by atoms with Crippen molar-refractivity contribution in [3.05, 3.63) is 59.8 Å². The summed E-state index contributed by atoms with van der Waals surface area (Å²) in [6, 6.07) is 6.97. The van der Waals surface area contributed by atoms with E-state index < -0.39 is 44.7 Å². The molecule has 6 nitrogen and oxygen atoms in total. The second-order valence-corrected chi connectivity index (χ2v) is 8.73. The lowest BCUT2D eigenvalue weighted by Crippen LogP contribution is -2.18. The molecule has 2 aromatic carbocycles. The molecule has 0 saturated heterocycles. The number of halogens is 6. The van der Waals surface area contributed by atoms with Crippen LogP contribution in [-0.4, -0.2) is 29.8 Å². The first-order valence-corrected chi connectivity index (χ1v) is 10.7. The van der Waals surface area contributed by atoms with Crippen LogP contribution >= 0.6 is 0 Å². The molecule has 0 aliphatic heterocycles. The van der Waals surface area contributed by atoms with Crippen molar-refractivity contribution in [2.24, 2.45) is 0 Å². The molecular formula is C20H15F6NO5S. The number of rotatable bonds is 7. The van der Waals surface area contributed by atoms with E-state index in [1.54, 1.807) is 0 Å². The van der Waals surface area contributed by atoms with Gasteiger partial charge in [0.1, 0.15) is 5.75 Å². The summed E-state index contributed by atoms with van der Waals surface area (Å²) in [5, 5.41) is 8.78. The van der Waals surface area contributed by atoms with Crippen LogP contribution in [0.1, 0.15) is 24.1 Å². The van der Waals surface area contributed by atoms with Gasteiger partial charge in [-0.2, -0.15) is 13.2 Å². The lowest BCUT2D eigenvalue weighted by molar-refractivity contribution is -0.274. The Hall–Kier alpha value is -3.22. The molecule has 0 spiro atoms. The highest BCUT2D eigenvalue weighted by atomic mass is 32.2. The highest BCUT2D eigenvalue weighted by molar-refractivity contribution is 7.90. The maximum Gasteiger partial charge on any atom is 0.573 e. The molecule has 0 radical (unpaired) electrons. The van der Waals surface area contributed by atoms with Crippen LogP contribution in [0.5, 0.6) is 5.75 Å². The van der Waals surface area contributed by atoms with Gasteiger partial charge >= 0.3 is 18.5 Å². The molecule has 3 aromatic rings. The summed E-state index contributed by atoms with van der Waals surface area (Å²) in [7, 11) is -4.46. The van der Waals surface area contributed by atoms with E-state index in [9.17, 15) is 39.6 Å². The maximum atomic E-state index is 13.3. The van der Waals surface area contributed by atoms with E-state index in [1.165, 1.54) is 6.07 Å². The van der Waals surface area contributed by atoms with Crippen molar-refractivity contribution in [2.75, 3.05) is 0 Å². The number of alkyl halides is 6. The van der Waals surface area contributed by atoms with E-state index >= 15 is 0 Å². The van der Waals surface area contributed by atoms with Gasteiger partial charge in [-0.15, -0.1) is 13.2 Å². The number of aromatic nitrogens is 1. The molecule has 0 fully saturated rings. The topological polar surface area (TPSA) is 85.6 Å². The molecule has 0 amide bonds. The summed E-state index contributed by atoms with van der Waals surface area (Å²) >= 11 is 0. The van der Waals surface area contributed by atoms with Crippen LogP contribution in [0.25, 0.3) is 10.9 Å². The van der Waals surface area contributed by atoms with Crippen LogP contribution in [0, 0.1) is 0 Å². The molecular weight excluding hydrogens is 480 g/mol. The van der Waals surface area contributed by atoms with Crippen LogP contribution in [0.2, 0.25) is 0 Å². The van der Waals surface area contributed by atoms with Crippen LogP contribution in [0.3, 0.4) is 0 Å². The Morgan fingerprint density at radius 1 is 0.970 bits per heavy atom. The van der Waals surface area contributed by atoms with Gasteiger partial charge in [-0.1, -0.05) is 0 Å². The minimum Gasteiger partial charge on any atom is -0.481 e. The highest BCUT2D eigenvalue weighted by Gasteiger charge is 2.33. The van der Waals surface area contributed by atoms with Gasteiger partial charge in [-0.25, -0.2) is 12.4 Å². The molecule has 1 N–H and O–H groups in total. The smallest absolute Gasteiger partial charge is 0.481 e. The Kier molecular flexibility index (Phi) is 6.37. The number of hydrogen-bond donors (Lipinski definition) is 1. The Morgan fingerprint density at radius 2 is 1.61 bits per heavy atom. The minimum atomic E-state index is -4.98. The quantitative estimate of drug-likeness (QED) is 0.456. The maximum absolute atomic E-state index is 13.3. The number of carboxylic acids is 1. The van der Waals surface area contributed by atoms with Crippen molar-refractivity contribution >= 4 is 26.9 Å². The Morgan fingerprint density at radius 3 is 2.15 bits per heavy atom. The second kappa shape index (κ2) is 8.61. The molecule has 3 rings (SSSR count). The summed E-state index contributed by atoms with van der Waals surface area (Å²) < 4.78 is 107. The van der Waals surface area contributed by atoms with E-state index in [1.807, 2.05) is 0 Å². The lowest BCUT2D eigenvalue weighted by atomic mass is 10.1. The molecule has 33 heavy (non-hydrogen) atoms. The van der Waals surface area contributed by atoms with Crippen molar-refractivity contribution in [3.63, 3.8) is 0 Å². The van der Waals surface area contributed by atoms with Gasteiger partial charge in [0.2, 0.25) is 0 Å². The van der Waals surface area contributed by atoms with Gasteiger partial charge in [0.25, 0.3) is 10.0 Å². The molecule has 1 aromatic heterocycles. The van der Waals surface area contributed by atoms with Crippen LogP contribution in [0.15, 0.2) is 53.4 Å². The lowest BCUT2D eigenvalue weighted by Gasteiger charge is -2.13. The molecule has 0 unspecified atom stereocenters. The predicted octanol–water partition coefficient (Wildman–Crippen LogP) is 5.20. The SMILES string of the molecule is O=C(O)CCCc1cc2cc(C(F)(F)F)ccc2n1S(=O)(=O)c1ccc(OC(F)(F)F)cc1. The van der Waals surface area contributed by atoms with E-state index in [2.05, 4.69) is 4.74 Å². The molecule has 178 valence electrons. The normalized spacial score (nSPS) is 12.8. The van der Waals surface area contributed by atoms with Gasteiger partial charge < -0.3 is 9.84 Å². The number of fused-ring (bicyclic) bond motifs is 1. The molecule has 0 saturated carbocycles. The van der Waals surface area contributed by atoms with Crippen molar-refractivity contribution in [2.45, 2.75) is 36.7 Å². The number of aliphatic carboxylic acids is 1. The first-order chi connectivity index (χ1) is 15.2. The first-order valence-electron chi connectivity index (χ1n) is 9.23. The minimum absolute atomic E-state index is 0.00562. The van der Waals surface area contributed by atoms with Crippen molar-refractivity contribution in [1.82, 2.24) is 3.97 Å². The summed E-state index contributed by atoms with van der Waals surface area (Å²) in [4.78, 5) is 10.4. The van der Waals surface area contributed by atoms with Crippen LogP contribution in [-0.2, 0) is 27.4 Å². The van der Waals surface area contributed by atoms with Gasteiger partial charge in [-0.3, -0.25) is 4.79 Å². The summed E-state index contributed by atoms with van der Waals surface area (Å²) in [6.07, 6.45) is -10.0. The van der Waals surface area contributed by atoms with Gasteiger partial charge in [0.15, 0.2) is 0 Å². The van der Waals surface area contributed by atoms with E-state index in [4.69, 9.17) is 5.11 Å². The average molecular weight is 495 g/mol. The van der Waals surface area contributed by atoms with E-state index in [-0.39, 0.29) is 35.9 Å². The number of benzene rings is 2. The summed E-state index contributed by atoms with van der Waals surface area (Å²) in [5.41, 5.74) is -1.07. The number of nitrogens with zero attached hydrogens (tertiary/aromatic N) is 1. The molecule has 0 atom stereocenters. The third kappa shape index (κ3) is 5.59. The molecule has 0 aliphatic rings. The van der Waals surface area contributed by atoms with Crippen LogP contribution in [0.4, 0.5) is 26.3 Å². The molecule has 0 aliphatic carbocycles. The van der Waals surface area contributed by atoms with Crippen molar-refractivity contribution < 1.29 is 49.4 Å². The third-order valence-electron chi connectivity index (χ3n) is 4.58. The predicted molar refractivity (Wildman–Crippen MR) is 103 cm³/mol. The second-order valence-electron chi connectivity index (χ2n) is 6.94. The highest BCUT2D eigenvalue weighted by Crippen LogP contribution is 2.34. The number of hydrogen-bond acceptors (Lipinski definition) is 4. The van der Waals surface area contributed by atoms with E-state index in [0.29, 0.717) is 6.07 Å². The van der Waals surface area contributed by atoms with Crippen molar-refractivity contribution in [1.29, 1.82) is 0 Å². The van der Waals surface area contributed by atoms with Gasteiger partial charge in [0.05, 0.1) is 16.0 Å².